The van der Waals surface area contributed by atoms with Gasteiger partial charge in [0.15, 0.2) is 0 Å². The van der Waals surface area contributed by atoms with Crippen LogP contribution in [0.1, 0.15) is 12.5 Å². The number of hydrogen-bond acceptors (Lipinski definition) is 4. The molecule has 1 atom stereocenters. The van der Waals surface area contributed by atoms with Crippen LogP contribution < -0.4 is 5.32 Å². The lowest BCUT2D eigenvalue weighted by molar-refractivity contribution is -0.138. The van der Waals surface area contributed by atoms with Crippen molar-refractivity contribution in [2.45, 2.75) is 19.1 Å². The molecule has 1 heterocycles. The van der Waals surface area contributed by atoms with E-state index in [0.29, 0.717) is 26.3 Å². The van der Waals surface area contributed by atoms with Gasteiger partial charge in [0, 0.05) is 18.8 Å². The van der Waals surface area contributed by atoms with Crippen molar-refractivity contribution in [1.82, 2.24) is 9.80 Å². The van der Waals surface area contributed by atoms with Crippen molar-refractivity contribution in [3.63, 3.8) is 0 Å². The van der Waals surface area contributed by atoms with Gasteiger partial charge in [-0.05, 0) is 38.2 Å². The number of benzene rings is 1. The number of anilines is 1. The van der Waals surface area contributed by atoms with Crippen molar-refractivity contribution in [2.24, 2.45) is 0 Å². The van der Waals surface area contributed by atoms with Crippen LogP contribution in [0, 0.1) is 0 Å². The van der Waals surface area contributed by atoms with E-state index < -0.39 is 23.7 Å². The minimum Gasteiger partial charge on any atom is -0.378 e. The van der Waals surface area contributed by atoms with Crippen LogP contribution >= 0.6 is 0 Å². The first-order valence-electron chi connectivity index (χ1n) is 8.22. The number of rotatable bonds is 5. The zero-order chi connectivity index (χ0) is 19.3. The molecule has 9 heteroatoms. The second-order valence-electron chi connectivity index (χ2n) is 6.15. The molecule has 2 rings (SSSR count). The number of nitrogens with one attached hydrogen (secondary N) is 1. The summed E-state index contributed by atoms with van der Waals surface area (Å²) in [6.07, 6.45) is -4.42. The van der Waals surface area contributed by atoms with E-state index in [1.54, 1.807) is 23.8 Å². The molecule has 26 heavy (non-hydrogen) atoms. The number of hydrogen-bond donors (Lipinski definition) is 1. The third-order valence-corrected chi connectivity index (χ3v) is 4.27. The molecular weight excluding hydrogens is 351 g/mol. The maximum absolute atomic E-state index is 12.6. The molecule has 1 fully saturated rings. The van der Waals surface area contributed by atoms with E-state index in [0.717, 1.165) is 12.1 Å². The molecule has 0 saturated carbocycles. The van der Waals surface area contributed by atoms with Gasteiger partial charge in [-0.25, -0.2) is 0 Å². The molecule has 1 aliphatic rings. The maximum Gasteiger partial charge on any atom is 0.416 e. The standard InChI is InChI=1S/C17H22F3N3O3/c1-12(22(2)11-15(24)23-7-9-26-10-8-23)16(25)21-14-5-3-13(4-6-14)17(18,19)20/h3-6,12H,7-11H2,1-2H3,(H,21,25)/t12-/m0/s1. The number of amides is 2. The van der Waals surface area contributed by atoms with Gasteiger partial charge < -0.3 is 15.0 Å². The van der Waals surface area contributed by atoms with Crippen LogP contribution in [0.2, 0.25) is 0 Å². The third kappa shape index (κ3) is 5.43. The van der Waals surface area contributed by atoms with Gasteiger partial charge in [-0.2, -0.15) is 13.2 Å². The molecule has 1 aromatic rings. The van der Waals surface area contributed by atoms with Crippen molar-refractivity contribution < 1.29 is 27.5 Å². The number of nitrogens with zero attached hydrogens (tertiary/aromatic N) is 2. The highest BCUT2D eigenvalue weighted by molar-refractivity contribution is 5.94. The predicted molar refractivity (Wildman–Crippen MR) is 89.6 cm³/mol. The van der Waals surface area contributed by atoms with Gasteiger partial charge in [-0.1, -0.05) is 0 Å². The van der Waals surface area contributed by atoms with Crippen molar-refractivity contribution >= 4 is 17.5 Å². The van der Waals surface area contributed by atoms with E-state index in [-0.39, 0.29) is 18.1 Å². The third-order valence-electron chi connectivity index (χ3n) is 4.27. The van der Waals surface area contributed by atoms with Crippen molar-refractivity contribution in [3.05, 3.63) is 29.8 Å². The Bertz CT molecular complexity index is 628. The molecule has 1 aliphatic heterocycles. The second-order valence-corrected chi connectivity index (χ2v) is 6.15. The number of likely N-dealkylation sites (N-methyl/N-ethyl adjacent to an activating group) is 1. The van der Waals surface area contributed by atoms with E-state index in [1.807, 2.05) is 0 Å². The first-order chi connectivity index (χ1) is 12.2. The molecule has 144 valence electrons. The van der Waals surface area contributed by atoms with E-state index in [4.69, 9.17) is 4.74 Å². The number of alkyl halides is 3. The Morgan fingerprint density at radius 3 is 2.35 bits per heavy atom. The fourth-order valence-corrected chi connectivity index (χ4v) is 2.45. The first kappa shape index (κ1) is 20.2. The Morgan fingerprint density at radius 2 is 1.81 bits per heavy atom. The summed E-state index contributed by atoms with van der Waals surface area (Å²) >= 11 is 0. The van der Waals surface area contributed by atoms with Gasteiger partial charge in [0.05, 0.1) is 31.4 Å². The Labute approximate surface area is 149 Å². The fraction of sp³-hybridized carbons (Fsp3) is 0.529. The molecule has 0 unspecified atom stereocenters. The highest BCUT2D eigenvalue weighted by Crippen LogP contribution is 2.29. The molecule has 6 nitrogen and oxygen atoms in total. The quantitative estimate of drug-likeness (QED) is 0.855. The minimum absolute atomic E-state index is 0.0710. The number of carbonyl (C=O) groups is 2. The molecule has 1 aromatic carbocycles. The van der Waals surface area contributed by atoms with Crippen molar-refractivity contribution in [3.8, 4) is 0 Å². The Morgan fingerprint density at radius 1 is 1.23 bits per heavy atom. The van der Waals surface area contributed by atoms with Crippen LogP contribution in [0.4, 0.5) is 18.9 Å². The summed E-state index contributed by atoms with van der Waals surface area (Å²) in [5.74, 6) is -0.494. The second kappa shape index (κ2) is 8.50. The van der Waals surface area contributed by atoms with Gasteiger partial charge in [0.25, 0.3) is 0 Å². The summed E-state index contributed by atoms with van der Waals surface area (Å²) in [6.45, 7) is 3.75. The monoisotopic (exact) mass is 373 g/mol. The summed E-state index contributed by atoms with van der Waals surface area (Å²) in [5, 5.41) is 2.56. The molecule has 0 aromatic heterocycles. The average molecular weight is 373 g/mol. The number of ether oxygens (including phenoxy) is 1. The van der Waals surface area contributed by atoms with E-state index >= 15 is 0 Å². The van der Waals surface area contributed by atoms with E-state index in [9.17, 15) is 22.8 Å². The van der Waals surface area contributed by atoms with Crippen LogP contribution in [0.25, 0.3) is 0 Å². The van der Waals surface area contributed by atoms with Crippen molar-refractivity contribution in [1.29, 1.82) is 0 Å². The van der Waals surface area contributed by atoms with Crippen LogP contribution in [0.3, 0.4) is 0 Å². The lowest BCUT2D eigenvalue weighted by Gasteiger charge is -2.30. The SMILES string of the molecule is C[C@@H](C(=O)Nc1ccc(C(F)(F)F)cc1)N(C)CC(=O)N1CCOCC1. The van der Waals surface area contributed by atoms with Crippen LogP contribution in [0.5, 0.6) is 0 Å². The smallest absolute Gasteiger partial charge is 0.378 e. The lowest BCUT2D eigenvalue weighted by Crippen LogP contribution is -2.48. The van der Waals surface area contributed by atoms with Crippen LogP contribution in [0.15, 0.2) is 24.3 Å². The zero-order valence-corrected chi connectivity index (χ0v) is 14.7. The molecule has 0 bridgehead atoms. The molecule has 1 N–H and O–H groups in total. The summed E-state index contributed by atoms with van der Waals surface area (Å²) in [7, 11) is 1.65. The molecule has 2 amide bonds. The van der Waals surface area contributed by atoms with E-state index in [1.165, 1.54) is 12.1 Å². The van der Waals surface area contributed by atoms with Crippen LogP contribution in [-0.2, 0) is 20.5 Å². The molecule has 0 spiro atoms. The number of carbonyl (C=O) groups excluding carboxylic acids is 2. The van der Waals surface area contributed by atoms with Gasteiger partial charge >= 0.3 is 6.18 Å². The Hall–Kier alpha value is -2.13. The van der Waals surface area contributed by atoms with E-state index in [2.05, 4.69) is 5.32 Å². The molecule has 1 saturated heterocycles. The molecule has 0 aliphatic carbocycles. The lowest BCUT2D eigenvalue weighted by atomic mass is 10.2. The molecule has 0 radical (unpaired) electrons. The minimum atomic E-state index is -4.42. The maximum atomic E-state index is 12.6. The molecular formula is C17H22F3N3O3. The summed E-state index contributed by atoms with van der Waals surface area (Å²) in [5.41, 5.74) is -0.514. The summed E-state index contributed by atoms with van der Waals surface area (Å²) in [6, 6.07) is 3.60. The highest BCUT2D eigenvalue weighted by atomic mass is 19.4. The van der Waals surface area contributed by atoms with Crippen molar-refractivity contribution in [2.75, 3.05) is 45.2 Å². The highest BCUT2D eigenvalue weighted by Gasteiger charge is 2.30. The number of halogens is 3. The summed E-state index contributed by atoms with van der Waals surface area (Å²) < 4.78 is 42.9. The van der Waals surface area contributed by atoms with Gasteiger partial charge in [0.2, 0.25) is 11.8 Å². The van der Waals surface area contributed by atoms with Gasteiger partial charge in [0.1, 0.15) is 0 Å². The average Bonchev–Trinajstić information content (AvgIpc) is 2.61. The largest absolute Gasteiger partial charge is 0.416 e. The fourth-order valence-electron chi connectivity index (χ4n) is 2.45. The van der Waals surface area contributed by atoms with Gasteiger partial charge in [-0.15, -0.1) is 0 Å². The Balaban J connectivity index is 1.88. The summed E-state index contributed by atoms with van der Waals surface area (Å²) in [4.78, 5) is 27.8. The first-order valence-corrected chi connectivity index (χ1v) is 8.22. The topological polar surface area (TPSA) is 61.9 Å². The van der Waals surface area contributed by atoms with Gasteiger partial charge in [-0.3, -0.25) is 14.5 Å². The predicted octanol–water partition coefficient (Wildman–Crippen LogP) is 1.82. The van der Waals surface area contributed by atoms with Crippen LogP contribution in [-0.4, -0.2) is 67.6 Å². The Kier molecular flexibility index (Phi) is 6.60. The number of morpholine rings is 1. The zero-order valence-electron chi connectivity index (χ0n) is 14.7. The normalized spacial score (nSPS) is 16.5.